The molecule has 0 aliphatic carbocycles. The summed E-state index contributed by atoms with van der Waals surface area (Å²) in [6, 6.07) is 20.3. The van der Waals surface area contributed by atoms with Gasteiger partial charge in [-0.05, 0) is 71.7 Å². The van der Waals surface area contributed by atoms with Crippen molar-refractivity contribution in [1.29, 1.82) is 0 Å². The van der Waals surface area contributed by atoms with Crippen LogP contribution in [0.4, 0.5) is 5.69 Å². The molecule has 0 atom stereocenters. The molecule has 1 amide bonds. The molecule has 4 rings (SSSR count). The van der Waals surface area contributed by atoms with Gasteiger partial charge >= 0.3 is 0 Å². The maximum atomic E-state index is 12.9. The number of anilines is 1. The van der Waals surface area contributed by atoms with Crippen molar-refractivity contribution < 1.29 is 13.2 Å². The zero-order valence-electron chi connectivity index (χ0n) is 18.7. The van der Waals surface area contributed by atoms with Gasteiger partial charge < -0.3 is 5.32 Å². The second-order valence-corrected chi connectivity index (χ2v) is 10.5. The maximum absolute atomic E-state index is 12.9. The fraction of sp³-hybridized carbons (Fsp3) is 0.231. The lowest BCUT2D eigenvalue weighted by Crippen LogP contribution is -2.33. The SMILES string of the molecule is O=C(/C=C/c1cccc2ccccc12)NC(=S)Nc1ccc(S(=O)(=O)N2CCCCCC2)cc1. The van der Waals surface area contributed by atoms with Crippen LogP contribution in [0, 0.1) is 0 Å². The molecule has 0 aromatic heterocycles. The number of carbonyl (C=O) groups is 1. The van der Waals surface area contributed by atoms with Crippen molar-refractivity contribution in [1.82, 2.24) is 9.62 Å². The lowest BCUT2D eigenvalue weighted by atomic mass is 10.0. The average molecular weight is 494 g/mol. The second kappa shape index (κ2) is 10.9. The van der Waals surface area contributed by atoms with Gasteiger partial charge in [-0.1, -0.05) is 55.3 Å². The fourth-order valence-electron chi connectivity index (χ4n) is 4.02. The lowest BCUT2D eigenvalue weighted by Gasteiger charge is -2.20. The summed E-state index contributed by atoms with van der Waals surface area (Å²) >= 11 is 5.24. The molecule has 1 fully saturated rings. The number of hydrogen-bond acceptors (Lipinski definition) is 4. The van der Waals surface area contributed by atoms with Crippen LogP contribution < -0.4 is 10.6 Å². The third-order valence-electron chi connectivity index (χ3n) is 5.79. The summed E-state index contributed by atoms with van der Waals surface area (Å²) < 4.78 is 27.4. The van der Waals surface area contributed by atoms with Gasteiger partial charge in [0.05, 0.1) is 4.90 Å². The minimum Gasteiger partial charge on any atom is -0.332 e. The fourth-order valence-corrected chi connectivity index (χ4v) is 5.75. The Hall–Kier alpha value is -3.07. The smallest absolute Gasteiger partial charge is 0.250 e. The van der Waals surface area contributed by atoms with Crippen LogP contribution in [0.1, 0.15) is 31.2 Å². The lowest BCUT2D eigenvalue weighted by molar-refractivity contribution is -0.115. The van der Waals surface area contributed by atoms with Gasteiger partial charge in [-0.15, -0.1) is 0 Å². The predicted octanol–water partition coefficient (Wildman–Crippen LogP) is 4.93. The molecule has 0 bridgehead atoms. The second-order valence-electron chi connectivity index (χ2n) is 8.19. The van der Waals surface area contributed by atoms with E-state index in [0.29, 0.717) is 18.8 Å². The standard InChI is InChI=1S/C26H27N3O3S2/c30-25(17-12-21-10-7-9-20-8-3-4-11-24(20)21)28-26(33)27-22-13-15-23(16-14-22)34(31,32)29-18-5-1-2-6-19-29/h3-4,7-17H,1-2,5-6,18-19H2,(H2,27,28,30,33)/b17-12+. The van der Waals surface area contributed by atoms with Gasteiger partial charge in [0.1, 0.15) is 0 Å². The van der Waals surface area contributed by atoms with Crippen molar-refractivity contribution >= 4 is 55.8 Å². The first kappa shape index (κ1) is 24.1. The van der Waals surface area contributed by atoms with Crippen LogP contribution in [0.25, 0.3) is 16.8 Å². The molecule has 6 nitrogen and oxygen atoms in total. The molecule has 1 aliphatic rings. The Bertz CT molecular complexity index is 1310. The number of amides is 1. The minimum absolute atomic E-state index is 0.135. The summed E-state index contributed by atoms with van der Waals surface area (Å²) in [5.41, 5.74) is 1.53. The largest absolute Gasteiger partial charge is 0.332 e. The molecule has 0 saturated carbocycles. The number of benzene rings is 3. The zero-order chi connectivity index (χ0) is 24.0. The van der Waals surface area contributed by atoms with Gasteiger partial charge in [0, 0.05) is 24.9 Å². The van der Waals surface area contributed by atoms with Crippen molar-refractivity contribution in [2.24, 2.45) is 0 Å². The Morgan fingerprint density at radius 2 is 1.56 bits per heavy atom. The normalized spacial score (nSPS) is 15.2. The highest BCUT2D eigenvalue weighted by molar-refractivity contribution is 7.89. The van der Waals surface area contributed by atoms with E-state index in [1.54, 1.807) is 34.6 Å². The first-order chi connectivity index (χ1) is 16.4. The number of nitrogens with zero attached hydrogens (tertiary/aromatic N) is 1. The number of sulfonamides is 1. The van der Waals surface area contributed by atoms with E-state index in [1.807, 2.05) is 42.5 Å². The molecule has 0 radical (unpaired) electrons. The van der Waals surface area contributed by atoms with Crippen LogP contribution in [0.15, 0.2) is 77.7 Å². The Morgan fingerprint density at radius 1 is 0.882 bits per heavy atom. The summed E-state index contributed by atoms with van der Waals surface area (Å²) in [6.07, 6.45) is 7.10. The van der Waals surface area contributed by atoms with E-state index in [1.165, 1.54) is 6.08 Å². The Morgan fingerprint density at radius 3 is 2.29 bits per heavy atom. The molecule has 3 aromatic rings. The molecule has 0 spiro atoms. The monoisotopic (exact) mass is 493 g/mol. The average Bonchev–Trinajstić information content (AvgIpc) is 3.13. The summed E-state index contributed by atoms with van der Waals surface area (Å²) in [6.45, 7) is 1.12. The molecule has 0 unspecified atom stereocenters. The van der Waals surface area contributed by atoms with Crippen LogP contribution in [0.2, 0.25) is 0 Å². The van der Waals surface area contributed by atoms with E-state index >= 15 is 0 Å². The van der Waals surface area contributed by atoms with E-state index in [2.05, 4.69) is 10.6 Å². The topological polar surface area (TPSA) is 78.5 Å². The van der Waals surface area contributed by atoms with E-state index in [4.69, 9.17) is 12.2 Å². The van der Waals surface area contributed by atoms with Crippen molar-refractivity contribution in [2.45, 2.75) is 30.6 Å². The zero-order valence-corrected chi connectivity index (χ0v) is 20.4. The first-order valence-electron chi connectivity index (χ1n) is 11.3. The van der Waals surface area contributed by atoms with Gasteiger partial charge in [0.2, 0.25) is 15.9 Å². The van der Waals surface area contributed by atoms with Crippen LogP contribution >= 0.6 is 12.2 Å². The number of thiocarbonyl (C=S) groups is 1. The number of nitrogens with one attached hydrogen (secondary N) is 2. The third kappa shape index (κ3) is 5.88. The van der Waals surface area contributed by atoms with Gasteiger partial charge in [-0.3, -0.25) is 10.1 Å². The van der Waals surface area contributed by atoms with Gasteiger partial charge in [-0.2, -0.15) is 4.31 Å². The Labute approximate surface area is 205 Å². The number of hydrogen-bond donors (Lipinski definition) is 2. The molecule has 1 aliphatic heterocycles. The molecular formula is C26H27N3O3S2. The van der Waals surface area contributed by atoms with Crippen molar-refractivity contribution in [3.8, 4) is 0 Å². The van der Waals surface area contributed by atoms with Crippen LogP contribution in [0.5, 0.6) is 0 Å². The van der Waals surface area contributed by atoms with Crippen molar-refractivity contribution in [3.05, 3.63) is 78.4 Å². The number of rotatable bonds is 5. The molecule has 8 heteroatoms. The van der Waals surface area contributed by atoms with Crippen LogP contribution in [-0.4, -0.2) is 36.8 Å². The molecule has 1 heterocycles. The van der Waals surface area contributed by atoms with Crippen LogP contribution in [-0.2, 0) is 14.8 Å². The highest BCUT2D eigenvalue weighted by Crippen LogP contribution is 2.22. The summed E-state index contributed by atoms with van der Waals surface area (Å²) in [4.78, 5) is 12.6. The summed E-state index contributed by atoms with van der Waals surface area (Å²) in [7, 11) is -3.51. The first-order valence-corrected chi connectivity index (χ1v) is 13.2. The van der Waals surface area contributed by atoms with E-state index < -0.39 is 10.0 Å². The van der Waals surface area contributed by atoms with Gasteiger partial charge in [0.15, 0.2) is 5.11 Å². The van der Waals surface area contributed by atoms with Crippen LogP contribution in [0.3, 0.4) is 0 Å². The van der Waals surface area contributed by atoms with Crippen molar-refractivity contribution in [3.63, 3.8) is 0 Å². The molecule has 3 aromatic carbocycles. The predicted molar refractivity (Wildman–Crippen MR) is 141 cm³/mol. The summed E-state index contributed by atoms with van der Waals surface area (Å²) in [5, 5.41) is 7.84. The van der Waals surface area contributed by atoms with E-state index in [9.17, 15) is 13.2 Å². The molecule has 2 N–H and O–H groups in total. The highest BCUT2D eigenvalue weighted by Gasteiger charge is 2.24. The van der Waals surface area contributed by atoms with Crippen molar-refractivity contribution in [2.75, 3.05) is 18.4 Å². The van der Waals surface area contributed by atoms with Gasteiger partial charge in [0.25, 0.3) is 0 Å². The summed E-state index contributed by atoms with van der Waals surface area (Å²) in [5.74, 6) is -0.356. The van der Waals surface area contributed by atoms with E-state index in [-0.39, 0.29) is 15.9 Å². The molecular weight excluding hydrogens is 466 g/mol. The quantitative estimate of drug-likeness (QED) is 0.389. The maximum Gasteiger partial charge on any atom is 0.250 e. The number of carbonyl (C=O) groups excluding carboxylic acids is 1. The minimum atomic E-state index is -3.51. The molecule has 34 heavy (non-hydrogen) atoms. The third-order valence-corrected chi connectivity index (χ3v) is 7.91. The molecule has 176 valence electrons. The number of fused-ring (bicyclic) bond motifs is 1. The molecule has 1 saturated heterocycles. The Kier molecular flexibility index (Phi) is 7.72. The van der Waals surface area contributed by atoms with Gasteiger partial charge in [-0.25, -0.2) is 8.42 Å². The highest BCUT2D eigenvalue weighted by atomic mass is 32.2. The van der Waals surface area contributed by atoms with E-state index in [0.717, 1.165) is 42.0 Å². The Balaban J connectivity index is 1.35.